The first-order valence-corrected chi connectivity index (χ1v) is 8.00. The summed E-state index contributed by atoms with van der Waals surface area (Å²) in [6, 6.07) is 7.46. The average molecular weight is 357 g/mol. The third-order valence-corrected chi connectivity index (χ3v) is 4.14. The smallest absolute Gasteiger partial charge is 0.223 e. The molecule has 0 aliphatic carbocycles. The molecule has 1 amide bonds. The maximum absolute atomic E-state index is 11.9. The lowest BCUT2D eigenvalue weighted by molar-refractivity contribution is -0.126. The molecule has 0 spiro atoms. The molecule has 1 heterocycles. The highest BCUT2D eigenvalue weighted by Crippen LogP contribution is 2.23. The third kappa shape index (κ3) is 5.30. The summed E-state index contributed by atoms with van der Waals surface area (Å²) in [5.74, 6) is 0.764. The zero-order valence-corrected chi connectivity index (χ0v) is 13.4. The van der Waals surface area contributed by atoms with E-state index in [1.807, 2.05) is 24.3 Å². The Kier molecular flexibility index (Phi) is 6.48. The van der Waals surface area contributed by atoms with Gasteiger partial charge in [-0.05, 0) is 54.0 Å². The van der Waals surface area contributed by atoms with Crippen LogP contribution in [0.5, 0.6) is 5.75 Å². The average Bonchev–Trinajstić information content (AvgIpc) is 2.52. The number of hydrogen-bond acceptors (Lipinski definition) is 4. The van der Waals surface area contributed by atoms with Crippen molar-refractivity contribution < 1.29 is 14.6 Å². The quantitative estimate of drug-likeness (QED) is 0.718. The fraction of sp³-hybridized carbons (Fsp3) is 0.533. The molecule has 0 radical (unpaired) electrons. The Morgan fingerprint density at radius 2 is 2.14 bits per heavy atom. The summed E-state index contributed by atoms with van der Waals surface area (Å²) in [5.41, 5.74) is 0. The minimum atomic E-state index is -0.720. The highest BCUT2D eigenvalue weighted by Gasteiger charge is 2.21. The van der Waals surface area contributed by atoms with E-state index in [4.69, 9.17) is 4.74 Å². The fourth-order valence-electron chi connectivity index (χ4n) is 2.25. The number of aliphatic hydroxyl groups excluding tert-OH is 1. The van der Waals surface area contributed by atoms with Crippen molar-refractivity contribution in [3.05, 3.63) is 28.7 Å². The van der Waals surface area contributed by atoms with Gasteiger partial charge in [0.15, 0.2) is 0 Å². The molecule has 1 aliphatic rings. The lowest BCUT2D eigenvalue weighted by Crippen LogP contribution is -2.42. The van der Waals surface area contributed by atoms with Crippen molar-refractivity contribution in [3.8, 4) is 5.75 Å². The summed E-state index contributed by atoms with van der Waals surface area (Å²) in [6.07, 6.45) is 0.993. The van der Waals surface area contributed by atoms with Crippen molar-refractivity contribution in [2.24, 2.45) is 5.92 Å². The molecule has 2 rings (SSSR count). The number of rotatable bonds is 6. The van der Waals surface area contributed by atoms with Crippen LogP contribution in [0.15, 0.2) is 28.7 Å². The molecule has 21 heavy (non-hydrogen) atoms. The summed E-state index contributed by atoms with van der Waals surface area (Å²) in [6.45, 7) is 2.12. The molecule has 6 heteroatoms. The molecule has 0 aromatic heterocycles. The highest BCUT2D eigenvalue weighted by atomic mass is 79.9. The van der Waals surface area contributed by atoms with Crippen LogP contribution in [0.4, 0.5) is 0 Å². The number of nitrogens with one attached hydrogen (secondary N) is 2. The van der Waals surface area contributed by atoms with E-state index in [1.54, 1.807) is 0 Å². The Hall–Kier alpha value is -1.11. The van der Waals surface area contributed by atoms with Crippen LogP contribution in [0.1, 0.15) is 12.8 Å². The molecular weight excluding hydrogens is 336 g/mol. The number of benzene rings is 1. The zero-order valence-electron chi connectivity index (χ0n) is 11.8. The van der Waals surface area contributed by atoms with Crippen molar-refractivity contribution in [3.63, 3.8) is 0 Å². The molecule has 0 saturated carbocycles. The van der Waals surface area contributed by atoms with Gasteiger partial charge in [0.2, 0.25) is 5.91 Å². The van der Waals surface area contributed by atoms with Gasteiger partial charge < -0.3 is 20.5 Å². The number of carbonyl (C=O) groups is 1. The summed E-state index contributed by atoms with van der Waals surface area (Å²) in [7, 11) is 0. The molecule has 116 valence electrons. The second kappa shape index (κ2) is 8.36. The number of aliphatic hydroxyl groups is 1. The maximum Gasteiger partial charge on any atom is 0.223 e. The topological polar surface area (TPSA) is 70.6 Å². The second-order valence-electron chi connectivity index (χ2n) is 5.16. The zero-order chi connectivity index (χ0) is 15.1. The highest BCUT2D eigenvalue weighted by molar-refractivity contribution is 9.10. The summed E-state index contributed by atoms with van der Waals surface area (Å²) in [5, 5.41) is 15.9. The van der Waals surface area contributed by atoms with Crippen LogP contribution in [0, 0.1) is 5.92 Å². The molecule has 1 aromatic rings. The van der Waals surface area contributed by atoms with Gasteiger partial charge in [0.1, 0.15) is 18.5 Å². The SMILES string of the molecule is O=C(NCC(O)COc1ccccc1Br)C1CCNCC1. The van der Waals surface area contributed by atoms with Gasteiger partial charge in [-0.25, -0.2) is 0 Å². The van der Waals surface area contributed by atoms with E-state index in [-0.39, 0.29) is 25.0 Å². The second-order valence-corrected chi connectivity index (χ2v) is 6.02. The Morgan fingerprint density at radius 3 is 2.86 bits per heavy atom. The van der Waals surface area contributed by atoms with E-state index in [1.165, 1.54) is 0 Å². The van der Waals surface area contributed by atoms with Gasteiger partial charge in [-0.3, -0.25) is 4.79 Å². The van der Waals surface area contributed by atoms with Crippen molar-refractivity contribution in [2.45, 2.75) is 18.9 Å². The van der Waals surface area contributed by atoms with Crippen LogP contribution in [-0.2, 0) is 4.79 Å². The van der Waals surface area contributed by atoms with Crippen LogP contribution < -0.4 is 15.4 Å². The summed E-state index contributed by atoms with van der Waals surface area (Å²) in [4.78, 5) is 11.9. The number of para-hydroxylation sites is 1. The van der Waals surface area contributed by atoms with Gasteiger partial charge in [-0.15, -0.1) is 0 Å². The summed E-state index contributed by atoms with van der Waals surface area (Å²) < 4.78 is 6.36. The van der Waals surface area contributed by atoms with Crippen LogP contribution >= 0.6 is 15.9 Å². The Balaban J connectivity index is 1.68. The Labute approximate surface area is 133 Å². The molecule has 1 fully saturated rings. The number of ether oxygens (including phenoxy) is 1. The number of amides is 1. The number of halogens is 1. The predicted molar refractivity (Wildman–Crippen MR) is 84.2 cm³/mol. The van der Waals surface area contributed by atoms with Gasteiger partial charge in [0.25, 0.3) is 0 Å². The standard InChI is InChI=1S/C15H21BrN2O3/c16-13-3-1-2-4-14(13)21-10-12(19)9-18-15(20)11-5-7-17-8-6-11/h1-4,11-12,17,19H,5-10H2,(H,18,20). The minimum absolute atomic E-state index is 0.0245. The first kappa shape index (κ1) is 16.3. The van der Waals surface area contributed by atoms with Crippen molar-refractivity contribution in [1.29, 1.82) is 0 Å². The van der Waals surface area contributed by atoms with E-state index in [9.17, 15) is 9.90 Å². The first-order valence-electron chi connectivity index (χ1n) is 7.20. The lowest BCUT2D eigenvalue weighted by atomic mass is 9.97. The normalized spacial score (nSPS) is 17.2. The first-order chi connectivity index (χ1) is 10.2. The molecule has 1 atom stereocenters. The van der Waals surface area contributed by atoms with Crippen molar-refractivity contribution in [1.82, 2.24) is 10.6 Å². The van der Waals surface area contributed by atoms with E-state index in [2.05, 4.69) is 26.6 Å². The molecule has 1 aromatic carbocycles. The van der Waals surface area contributed by atoms with Crippen molar-refractivity contribution >= 4 is 21.8 Å². The largest absolute Gasteiger partial charge is 0.490 e. The Bertz CT molecular complexity index is 464. The number of hydrogen-bond donors (Lipinski definition) is 3. The minimum Gasteiger partial charge on any atom is -0.490 e. The molecular formula is C15H21BrN2O3. The summed E-state index contributed by atoms with van der Waals surface area (Å²) >= 11 is 3.38. The molecule has 5 nitrogen and oxygen atoms in total. The van der Waals surface area contributed by atoms with Gasteiger partial charge in [0, 0.05) is 12.5 Å². The fourth-order valence-corrected chi connectivity index (χ4v) is 2.65. The van der Waals surface area contributed by atoms with Gasteiger partial charge >= 0.3 is 0 Å². The van der Waals surface area contributed by atoms with E-state index in [0.29, 0.717) is 5.75 Å². The third-order valence-electron chi connectivity index (χ3n) is 3.49. The van der Waals surface area contributed by atoms with E-state index < -0.39 is 6.10 Å². The van der Waals surface area contributed by atoms with Gasteiger partial charge in [0.05, 0.1) is 4.47 Å². The van der Waals surface area contributed by atoms with Crippen molar-refractivity contribution in [2.75, 3.05) is 26.2 Å². The van der Waals surface area contributed by atoms with Crippen LogP contribution in [-0.4, -0.2) is 43.4 Å². The molecule has 1 aliphatic heterocycles. The monoisotopic (exact) mass is 356 g/mol. The maximum atomic E-state index is 11.9. The van der Waals surface area contributed by atoms with Crippen LogP contribution in [0.25, 0.3) is 0 Å². The molecule has 0 bridgehead atoms. The van der Waals surface area contributed by atoms with Crippen LogP contribution in [0.2, 0.25) is 0 Å². The van der Waals surface area contributed by atoms with Gasteiger partial charge in [-0.2, -0.15) is 0 Å². The predicted octanol–water partition coefficient (Wildman–Crippen LogP) is 1.30. The molecule has 1 unspecified atom stereocenters. The molecule has 1 saturated heterocycles. The Morgan fingerprint density at radius 1 is 1.43 bits per heavy atom. The van der Waals surface area contributed by atoms with Crippen LogP contribution in [0.3, 0.4) is 0 Å². The number of piperidine rings is 1. The van der Waals surface area contributed by atoms with E-state index >= 15 is 0 Å². The lowest BCUT2D eigenvalue weighted by Gasteiger charge is -2.22. The van der Waals surface area contributed by atoms with Gasteiger partial charge in [-0.1, -0.05) is 12.1 Å². The van der Waals surface area contributed by atoms with E-state index in [0.717, 1.165) is 30.4 Å². The number of carbonyl (C=O) groups excluding carboxylic acids is 1. The molecule has 3 N–H and O–H groups in total.